The van der Waals surface area contributed by atoms with E-state index >= 15 is 0 Å². The van der Waals surface area contributed by atoms with Gasteiger partial charge in [0.1, 0.15) is 17.9 Å². The molecule has 0 aliphatic heterocycles. The Morgan fingerprint density at radius 2 is 1.92 bits per heavy atom. The summed E-state index contributed by atoms with van der Waals surface area (Å²) in [7, 11) is 0. The fourth-order valence-corrected chi connectivity index (χ4v) is 2.22. The molecule has 2 rings (SSSR count). The lowest BCUT2D eigenvalue weighted by atomic mass is 10.1. The molecule has 1 aromatic heterocycles. The highest BCUT2D eigenvalue weighted by Crippen LogP contribution is 2.10. The van der Waals surface area contributed by atoms with E-state index in [9.17, 15) is 28.9 Å². The van der Waals surface area contributed by atoms with Crippen LogP contribution in [0.5, 0.6) is 0 Å². The van der Waals surface area contributed by atoms with E-state index in [0.717, 1.165) is 22.4 Å². The van der Waals surface area contributed by atoms with Gasteiger partial charge in [0, 0.05) is 12.6 Å². The van der Waals surface area contributed by atoms with Crippen LogP contribution in [0.3, 0.4) is 0 Å². The van der Waals surface area contributed by atoms with E-state index in [1.165, 1.54) is 12.1 Å². The highest BCUT2D eigenvalue weighted by atomic mass is 19.1. The van der Waals surface area contributed by atoms with Gasteiger partial charge in [-0.25, -0.2) is 4.39 Å². The normalized spacial score (nSPS) is 10.3. The van der Waals surface area contributed by atoms with Crippen molar-refractivity contribution in [1.29, 1.82) is 0 Å². The van der Waals surface area contributed by atoms with Crippen LogP contribution in [0, 0.1) is 15.9 Å². The Labute approximate surface area is 146 Å². The summed E-state index contributed by atoms with van der Waals surface area (Å²) in [5.41, 5.74) is 3.84. The van der Waals surface area contributed by atoms with Gasteiger partial charge in [-0.2, -0.15) is 0 Å². The maximum absolute atomic E-state index is 12.8. The molecule has 26 heavy (non-hydrogen) atoms. The van der Waals surface area contributed by atoms with Crippen molar-refractivity contribution < 1.29 is 18.9 Å². The Hall–Kier alpha value is -3.56. The number of nitrogens with one attached hydrogen (secondary N) is 1. The molecule has 0 aliphatic carbocycles. The molecule has 0 saturated carbocycles. The number of nitrogens with zero attached hydrogens (tertiary/aromatic N) is 2. The van der Waals surface area contributed by atoms with Crippen molar-refractivity contribution in [3.8, 4) is 0 Å². The maximum Gasteiger partial charge on any atom is 0.286 e. The SMILES string of the molecule is NC(=O)c1cc([N+](=O)[O-])cn(CC(=O)NCCc2ccc(F)cc2)c1=O. The predicted molar refractivity (Wildman–Crippen MR) is 89.0 cm³/mol. The number of aromatic nitrogens is 1. The van der Waals surface area contributed by atoms with Gasteiger partial charge in [-0.1, -0.05) is 12.1 Å². The zero-order valence-electron chi connectivity index (χ0n) is 13.5. The standard InChI is InChI=1S/C16H15FN4O5/c17-11-3-1-10(2-4-11)5-6-19-14(22)9-20-8-12(21(25)26)7-13(15(18)23)16(20)24/h1-4,7-8H,5-6,9H2,(H2,18,23)(H,19,22). The second kappa shape index (κ2) is 8.01. The number of halogens is 1. The molecule has 1 aromatic carbocycles. The smallest absolute Gasteiger partial charge is 0.286 e. The van der Waals surface area contributed by atoms with Crippen LogP contribution in [0.15, 0.2) is 41.3 Å². The van der Waals surface area contributed by atoms with Gasteiger partial charge in [-0.3, -0.25) is 29.1 Å². The Morgan fingerprint density at radius 3 is 2.50 bits per heavy atom. The quantitative estimate of drug-likeness (QED) is 0.541. The van der Waals surface area contributed by atoms with E-state index in [-0.39, 0.29) is 12.4 Å². The summed E-state index contributed by atoms with van der Waals surface area (Å²) in [5.74, 6) is -2.07. The average Bonchev–Trinajstić information content (AvgIpc) is 2.58. The highest BCUT2D eigenvalue weighted by molar-refractivity contribution is 5.93. The fourth-order valence-electron chi connectivity index (χ4n) is 2.22. The van der Waals surface area contributed by atoms with Crippen LogP contribution in [0.1, 0.15) is 15.9 Å². The average molecular weight is 362 g/mol. The molecule has 0 spiro atoms. The number of amides is 2. The molecule has 0 aliphatic rings. The highest BCUT2D eigenvalue weighted by Gasteiger charge is 2.18. The summed E-state index contributed by atoms with van der Waals surface area (Å²) in [6.07, 6.45) is 1.30. The van der Waals surface area contributed by atoms with Crippen molar-refractivity contribution in [3.05, 3.63) is 73.9 Å². The molecule has 0 saturated heterocycles. The van der Waals surface area contributed by atoms with Gasteiger partial charge in [-0.05, 0) is 24.1 Å². The largest absolute Gasteiger partial charge is 0.365 e. The third kappa shape index (κ3) is 4.72. The van der Waals surface area contributed by atoms with Crippen molar-refractivity contribution in [1.82, 2.24) is 9.88 Å². The van der Waals surface area contributed by atoms with Crippen molar-refractivity contribution in [2.75, 3.05) is 6.54 Å². The fraction of sp³-hybridized carbons (Fsp3) is 0.188. The number of primary amides is 1. The number of nitrogens with two attached hydrogens (primary N) is 1. The monoisotopic (exact) mass is 362 g/mol. The number of rotatable bonds is 7. The molecule has 3 N–H and O–H groups in total. The van der Waals surface area contributed by atoms with Crippen LogP contribution >= 0.6 is 0 Å². The molecule has 136 valence electrons. The topological polar surface area (TPSA) is 137 Å². The minimum Gasteiger partial charge on any atom is -0.365 e. The van der Waals surface area contributed by atoms with Crippen molar-refractivity contribution in [3.63, 3.8) is 0 Å². The first-order chi connectivity index (χ1) is 12.3. The number of hydrogen-bond donors (Lipinski definition) is 2. The molecular formula is C16H15FN4O5. The zero-order chi connectivity index (χ0) is 19.3. The molecule has 0 bridgehead atoms. The second-order valence-electron chi connectivity index (χ2n) is 5.39. The first kappa shape index (κ1) is 18.8. The van der Waals surface area contributed by atoms with Gasteiger partial charge in [0.15, 0.2) is 0 Å². The molecule has 9 nitrogen and oxygen atoms in total. The Kier molecular flexibility index (Phi) is 5.78. The first-order valence-corrected chi connectivity index (χ1v) is 7.47. The number of carbonyl (C=O) groups excluding carboxylic acids is 2. The molecule has 0 fully saturated rings. The third-order valence-electron chi connectivity index (χ3n) is 3.51. The summed E-state index contributed by atoms with van der Waals surface area (Å²) in [6, 6.07) is 6.52. The van der Waals surface area contributed by atoms with Crippen molar-refractivity contribution >= 4 is 17.5 Å². The number of hydrogen-bond acceptors (Lipinski definition) is 5. The first-order valence-electron chi connectivity index (χ1n) is 7.47. The van der Waals surface area contributed by atoms with Gasteiger partial charge in [0.05, 0.1) is 11.1 Å². The lowest BCUT2D eigenvalue weighted by Crippen LogP contribution is -2.36. The molecule has 10 heteroatoms. The van der Waals surface area contributed by atoms with Gasteiger partial charge in [0.2, 0.25) is 5.91 Å². The Morgan fingerprint density at radius 1 is 1.27 bits per heavy atom. The Balaban J connectivity index is 2.05. The summed E-state index contributed by atoms with van der Waals surface area (Å²) in [5, 5.41) is 13.4. The molecular weight excluding hydrogens is 347 g/mol. The van der Waals surface area contributed by atoms with Crippen LogP contribution in [0.25, 0.3) is 0 Å². The molecule has 2 amide bonds. The summed E-state index contributed by atoms with van der Waals surface area (Å²) >= 11 is 0. The lowest BCUT2D eigenvalue weighted by Gasteiger charge is -2.08. The van der Waals surface area contributed by atoms with Crippen molar-refractivity contribution in [2.24, 2.45) is 5.73 Å². The van der Waals surface area contributed by atoms with Gasteiger partial charge in [-0.15, -0.1) is 0 Å². The van der Waals surface area contributed by atoms with E-state index in [2.05, 4.69) is 5.32 Å². The van der Waals surface area contributed by atoms with Crippen LogP contribution in [-0.2, 0) is 17.8 Å². The minimum absolute atomic E-state index is 0.219. The van der Waals surface area contributed by atoms with Crippen LogP contribution in [0.4, 0.5) is 10.1 Å². The predicted octanol–water partition coefficient (Wildman–Crippen LogP) is 0.353. The number of carbonyl (C=O) groups is 2. The van der Waals surface area contributed by atoms with Gasteiger partial charge < -0.3 is 11.1 Å². The van der Waals surface area contributed by atoms with Gasteiger partial charge >= 0.3 is 0 Å². The van der Waals surface area contributed by atoms with Gasteiger partial charge in [0.25, 0.3) is 17.2 Å². The molecule has 2 aromatic rings. The summed E-state index contributed by atoms with van der Waals surface area (Å²) < 4.78 is 13.6. The number of nitro groups is 1. The zero-order valence-corrected chi connectivity index (χ0v) is 13.5. The summed E-state index contributed by atoms with van der Waals surface area (Å²) in [4.78, 5) is 45.4. The van der Waals surface area contributed by atoms with E-state index in [1.54, 1.807) is 12.1 Å². The Bertz CT molecular complexity index is 908. The molecule has 1 heterocycles. The number of benzene rings is 1. The second-order valence-corrected chi connectivity index (χ2v) is 5.39. The maximum atomic E-state index is 12.8. The third-order valence-corrected chi connectivity index (χ3v) is 3.51. The van der Waals surface area contributed by atoms with Crippen molar-refractivity contribution in [2.45, 2.75) is 13.0 Å². The van der Waals surface area contributed by atoms with E-state index in [4.69, 9.17) is 5.73 Å². The number of pyridine rings is 1. The molecule has 0 atom stereocenters. The van der Waals surface area contributed by atoms with Crippen LogP contribution in [0.2, 0.25) is 0 Å². The van der Waals surface area contributed by atoms with Crippen LogP contribution in [-0.4, -0.2) is 27.8 Å². The lowest BCUT2D eigenvalue weighted by molar-refractivity contribution is -0.385. The minimum atomic E-state index is -1.12. The molecule has 0 radical (unpaired) electrons. The summed E-state index contributed by atoms with van der Waals surface area (Å²) in [6.45, 7) is -0.291. The molecule has 0 unspecified atom stereocenters. The van der Waals surface area contributed by atoms with E-state index in [1.807, 2.05) is 0 Å². The van der Waals surface area contributed by atoms with E-state index < -0.39 is 40.1 Å². The van der Waals surface area contributed by atoms with Crippen LogP contribution < -0.4 is 16.6 Å². The van der Waals surface area contributed by atoms with E-state index in [0.29, 0.717) is 6.42 Å².